The fourth-order valence-corrected chi connectivity index (χ4v) is 9.18. The lowest BCUT2D eigenvalue weighted by molar-refractivity contribution is -0.0852. The van der Waals surface area contributed by atoms with Gasteiger partial charge in [-0.25, -0.2) is 25.3 Å². The Balaban J connectivity index is 7.17. The van der Waals surface area contributed by atoms with E-state index in [9.17, 15) is 45.7 Å². The summed E-state index contributed by atoms with van der Waals surface area (Å²) < 4.78 is 71.2. The van der Waals surface area contributed by atoms with E-state index in [0.717, 1.165) is 0 Å². The lowest BCUT2D eigenvalue weighted by atomic mass is 9.83. The first kappa shape index (κ1) is 24.9. The van der Waals surface area contributed by atoms with E-state index in [1.54, 1.807) is 0 Å². The van der Waals surface area contributed by atoms with Crippen LogP contribution in [0.1, 0.15) is 6.42 Å². The smallest absolute Gasteiger partial charge is 0.286 e. The zero-order valence-electron chi connectivity index (χ0n) is 13.7. The molecule has 0 rings (SSSR count). The first-order chi connectivity index (χ1) is 11.7. The minimum Gasteiger partial charge on any atom is -0.396 e. The van der Waals surface area contributed by atoms with Crippen molar-refractivity contribution >= 4 is 29.5 Å². The average Bonchev–Trinajstić information content (AvgIpc) is 2.60. The Labute approximate surface area is 152 Å². The molecule has 0 radical (unpaired) electrons. The van der Waals surface area contributed by atoms with Gasteiger partial charge in [0.2, 0.25) is 29.5 Å². The van der Waals surface area contributed by atoms with Gasteiger partial charge in [0.1, 0.15) is 0 Å². The second kappa shape index (κ2) is 8.29. The lowest BCUT2D eigenvalue weighted by Gasteiger charge is -2.37. The molecule has 4 N–H and O–H groups in total. The van der Waals surface area contributed by atoms with E-state index in [0.29, 0.717) is 0 Å². The number of aliphatic hydroxyl groups is 4. The second-order valence-electron chi connectivity index (χ2n) is 5.37. The summed E-state index contributed by atoms with van der Waals surface area (Å²) in [6, 6.07) is 0. The van der Waals surface area contributed by atoms with Gasteiger partial charge in [0, 0.05) is 22.6 Å². The van der Waals surface area contributed by atoms with Crippen molar-refractivity contribution in [3.63, 3.8) is 0 Å². The van der Waals surface area contributed by atoms with Crippen LogP contribution in [0.5, 0.6) is 0 Å². The van der Waals surface area contributed by atoms with Crippen LogP contribution in [0.25, 0.3) is 0 Å². The molecule has 26 heavy (non-hydrogen) atoms. The maximum Gasteiger partial charge on any atom is 0.286 e. The summed E-state index contributed by atoms with van der Waals surface area (Å²) in [5.74, 6) is 0. The van der Waals surface area contributed by atoms with Crippen molar-refractivity contribution in [2.24, 2.45) is 5.41 Å². The van der Waals surface area contributed by atoms with Crippen LogP contribution in [0.4, 0.5) is 0 Å². The van der Waals surface area contributed by atoms with Crippen LogP contribution in [0.3, 0.4) is 0 Å². The van der Waals surface area contributed by atoms with Gasteiger partial charge in [-0.1, -0.05) is 19.7 Å². The molecule has 0 amide bonds. The molecule has 0 aliphatic heterocycles. The SMILES string of the molecule is C=CS(=O)(=O)C(CC(O)C(CO)(CO)CO)(S(=O)(=O)C=C)S(=O)(=O)C=C. The molecule has 0 aliphatic carbocycles. The van der Waals surface area contributed by atoms with E-state index >= 15 is 0 Å². The minimum atomic E-state index is -5.20. The number of aliphatic hydroxyl groups excluding tert-OH is 4. The first-order valence-electron chi connectivity index (χ1n) is 6.86. The third kappa shape index (κ3) is 3.65. The van der Waals surface area contributed by atoms with Crippen molar-refractivity contribution in [2.75, 3.05) is 19.8 Å². The number of sulfone groups is 3. The van der Waals surface area contributed by atoms with Gasteiger partial charge in [-0.2, -0.15) is 0 Å². The van der Waals surface area contributed by atoms with E-state index in [2.05, 4.69) is 19.7 Å². The van der Waals surface area contributed by atoms with Crippen LogP contribution >= 0.6 is 0 Å². The van der Waals surface area contributed by atoms with Crippen LogP contribution in [0.15, 0.2) is 36.0 Å². The Morgan fingerprint density at radius 3 is 1.19 bits per heavy atom. The molecule has 0 saturated carbocycles. The molecule has 0 bridgehead atoms. The van der Waals surface area contributed by atoms with Crippen molar-refractivity contribution in [1.82, 2.24) is 0 Å². The van der Waals surface area contributed by atoms with E-state index in [1.807, 2.05) is 0 Å². The Kier molecular flexibility index (Phi) is 7.94. The van der Waals surface area contributed by atoms with Crippen LogP contribution in [-0.4, -0.2) is 75.0 Å². The molecule has 0 aromatic heterocycles. The van der Waals surface area contributed by atoms with Gasteiger partial charge in [0.15, 0.2) is 0 Å². The summed E-state index contributed by atoms with van der Waals surface area (Å²) in [4.78, 5) is 0. The summed E-state index contributed by atoms with van der Waals surface area (Å²) in [6.07, 6.45) is -3.83. The summed E-state index contributed by atoms with van der Waals surface area (Å²) in [5, 5.41) is 38.6. The molecule has 0 spiro atoms. The molecule has 0 aromatic rings. The highest BCUT2D eigenvalue weighted by atomic mass is 32.3. The fraction of sp³-hybridized carbons (Fsp3) is 0.538. The Morgan fingerprint density at radius 2 is 1.00 bits per heavy atom. The lowest BCUT2D eigenvalue weighted by Crippen LogP contribution is -2.56. The molecule has 13 heteroatoms. The molecule has 0 aromatic carbocycles. The quantitative estimate of drug-likeness (QED) is 0.269. The summed E-state index contributed by atoms with van der Waals surface area (Å²) >= 11 is 0. The van der Waals surface area contributed by atoms with Crippen LogP contribution < -0.4 is 0 Å². The largest absolute Gasteiger partial charge is 0.396 e. The molecule has 152 valence electrons. The Morgan fingerprint density at radius 1 is 0.731 bits per heavy atom. The van der Waals surface area contributed by atoms with Crippen LogP contribution in [-0.2, 0) is 29.5 Å². The van der Waals surface area contributed by atoms with Gasteiger partial charge in [-0.3, -0.25) is 0 Å². The summed E-state index contributed by atoms with van der Waals surface area (Å²) in [5.41, 5.74) is -2.19. The zero-order valence-corrected chi connectivity index (χ0v) is 16.2. The maximum absolute atomic E-state index is 12.5. The van der Waals surface area contributed by atoms with Crippen LogP contribution in [0, 0.1) is 5.41 Å². The van der Waals surface area contributed by atoms with Crippen molar-refractivity contribution in [2.45, 2.75) is 15.9 Å². The highest BCUT2D eigenvalue weighted by Gasteiger charge is 2.64. The summed E-state index contributed by atoms with van der Waals surface area (Å²) in [6.45, 7) is 5.42. The molecule has 1 unspecified atom stereocenters. The van der Waals surface area contributed by atoms with E-state index < -0.39 is 70.7 Å². The third-order valence-electron chi connectivity index (χ3n) is 4.05. The summed E-state index contributed by atoms with van der Waals surface area (Å²) in [7, 11) is -15.6. The van der Waals surface area contributed by atoms with Crippen molar-refractivity contribution < 1.29 is 45.7 Å². The molecule has 10 nitrogen and oxygen atoms in total. The number of hydrogen-bond donors (Lipinski definition) is 4. The van der Waals surface area contributed by atoms with Gasteiger partial charge < -0.3 is 20.4 Å². The Bertz CT molecular complexity index is 746. The molecule has 0 fully saturated rings. The Hall–Kier alpha value is -1.09. The topological polar surface area (TPSA) is 183 Å². The number of rotatable bonds is 12. The van der Waals surface area contributed by atoms with E-state index in [1.165, 1.54) is 0 Å². The number of hydrogen-bond acceptors (Lipinski definition) is 10. The maximum atomic E-state index is 12.5. The second-order valence-corrected chi connectivity index (χ2v) is 12.5. The normalized spacial score (nSPS) is 15.2. The van der Waals surface area contributed by atoms with Crippen molar-refractivity contribution in [3.8, 4) is 0 Å². The monoisotopic (exact) mass is 434 g/mol. The molecule has 1 atom stereocenters. The van der Waals surface area contributed by atoms with Gasteiger partial charge in [-0.05, 0) is 0 Å². The zero-order chi connectivity index (χ0) is 21.0. The molecule has 0 saturated heterocycles. The molecular formula is C13H22O10S3. The van der Waals surface area contributed by atoms with Crippen LogP contribution in [0.2, 0.25) is 0 Å². The van der Waals surface area contributed by atoms with Gasteiger partial charge in [0.05, 0.1) is 31.3 Å². The molecular weight excluding hydrogens is 412 g/mol. The van der Waals surface area contributed by atoms with Gasteiger partial charge in [-0.15, -0.1) is 0 Å². The standard InChI is InChI=1S/C13H22O10S3/c1-4-24(18,19)13(25(20,21)5-2,26(22,23)6-3)7-11(17)12(8-14,9-15)10-16/h4-6,11,14-17H,1-3,7-10H2. The predicted octanol–water partition coefficient (Wildman–Crippen LogP) is -1.97. The highest BCUT2D eigenvalue weighted by molar-refractivity contribution is 8.28. The molecule has 0 aliphatic rings. The van der Waals surface area contributed by atoms with Gasteiger partial charge in [0.25, 0.3) is 3.41 Å². The van der Waals surface area contributed by atoms with Gasteiger partial charge >= 0.3 is 0 Å². The highest BCUT2D eigenvalue weighted by Crippen LogP contribution is 2.42. The van der Waals surface area contributed by atoms with Crippen molar-refractivity contribution in [1.29, 1.82) is 0 Å². The predicted molar refractivity (Wildman–Crippen MR) is 94.4 cm³/mol. The average molecular weight is 435 g/mol. The molecule has 0 heterocycles. The minimum absolute atomic E-state index is 0.0837. The van der Waals surface area contributed by atoms with E-state index in [4.69, 9.17) is 0 Å². The van der Waals surface area contributed by atoms with Crippen molar-refractivity contribution in [3.05, 3.63) is 36.0 Å². The fourth-order valence-electron chi connectivity index (χ4n) is 2.13. The third-order valence-corrected chi connectivity index (χ3v) is 12.7. The first-order valence-corrected chi connectivity index (χ1v) is 11.5. The van der Waals surface area contributed by atoms with E-state index in [-0.39, 0.29) is 16.2 Å².